The summed E-state index contributed by atoms with van der Waals surface area (Å²) in [5, 5.41) is 7.68. The molecule has 0 unspecified atom stereocenters. The van der Waals surface area contributed by atoms with Gasteiger partial charge in [0.15, 0.2) is 5.82 Å². The molecule has 88 valence electrons. The predicted molar refractivity (Wildman–Crippen MR) is 68.9 cm³/mol. The number of nitrogens with zero attached hydrogens (tertiary/aromatic N) is 3. The SMILES string of the molecule is Brc1cnn(-c2cccc(CNC3CC3)n2)c1. The predicted octanol–water partition coefficient (Wildman–Crippen LogP) is 2.28. The monoisotopic (exact) mass is 292 g/mol. The van der Waals surface area contributed by atoms with Gasteiger partial charge in [-0.05, 0) is 40.9 Å². The van der Waals surface area contributed by atoms with Gasteiger partial charge < -0.3 is 5.32 Å². The third-order valence-corrected chi connectivity index (χ3v) is 3.14. The van der Waals surface area contributed by atoms with Gasteiger partial charge in [0.25, 0.3) is 0 Å². The molecule has 1 aliphatic carbocycles. The molecule has 1 saturated carbocycles. The molecule has 0 aliphatic heterocycles. The van der Waals surface area contributed by atoms with Crippen molar-refractivity contribution in [2.24, 2.45) is 0 Å². The number of halogens is 1. The van der Waals surface area contributed by atoms with Crippen LogP contribution in [-0.4, -0.2) is 20.8 Å². The van der Waals surface area contributed by atoms with Crippen LogP contribution in [0.3, 0.4) is 0 Å². The fourth-order valence-corrected chi connectivity index (χ4v) is 1.94. The standard InChI is InChI=1S/C12H13BrN4/c13-9-6-15-17(8-9)12-3-1-2-11(16-12)7-14-10-4-5-10/h1-3,6,8,10,14H,4-5,7H2. The number of rotatable bonds is 4. The fraction of sp³-hybridized carbons (Fsp3) is 0.333. The summed E-state index contributed by atoms with van der Waals surface area (Å²) in [7, 11) is 0. The summed E-state index contributed by atoms with van der Waals surface area (Å²) in [6.45, 7) is 0.834. The third-order valence-electron chi connectivity index (χ3n) is 2.73. The van der Waals surface area contributed by atoms with Gasteiger partial charge in [-0.3, -0.25) is 0 Å². The highest BCUT2D eigenvalue weighted by Gasteiger charge is 2.20. The van der Waals surface area contributed by atoms with Crippen molar-refractivity contribution in [3.63, 3.8) is 0 Å². The van der Waals surface area contributed by atoms with E-state index in [1.807, 2.05) is 24.4 Å². The van der Waals surface area contributed by atoms with Gasteiger partial charge in [0, 0.05) is 18.8 Å². The highest BCUT2D eigenvalue weighted by molar-refractivity contribution is 9.10. The molecule has 4 nitrogen and oxygen atoms in total. The third kappa shape index (κ3) is 2.73. The van der Waals surface area contributed by atoms with Crippen LogP contribution in [0.25, 0.3) is 5.82 Å². The molecule has 2 heterocycles. The summed E-state index contributed by atoms with van der Waals surface area (Å²) in [6.07, 6.45) is 6.26. The molecule has 0 bridgehead atoms. The molecule has 1 N–H and O–H groups in total. The summed E-state index contributed by atoms with van der Waals surface area (Å²) in [4.78, 5) is 4.57. The van der Waals surface area contributed by atoms with E-state index in [0.29, 0.717) is 6.04 Å². The lowest BCUT2D eigenvalue weighted by atomic mass is 10.3. The minimum absolute atomic E-state index is 0.708. The summed E-state index contributed by atoms with van der Waals surface area (Å²) in [5.41, 5.74) is 1.06. The number of aromatic nitrogens is 3. The van der Waals surface area contributed by atoms with E-state index < -0.39 is 0 Å². The Hall–Kier alpha value is -1.20. The maximum absolute atomic E-state index is 4.57. The van der Waals surface area contributed by atoms with E-state index in [2.05, 4.69) is 31.3 Å². The second-order valence-electron chi connectivity index (χ2n) is 4.25. The molecule has 0 aromatic carbocycles. The van der Waals surface area contributed by atoms with E-state index >= 15 is 0 Å². The first-order chi connectivity index (χ1) is 8.31. The van der Waals surface area contributed by atoms with Crippen LogP contribution in [0.1, 0.15) is 18.5 Å². The van der Waals surface area contributed by atoms with Crippen molar-refractivity contribution in [1.82, 2.24) is 20.1 Å². The lowest BCUT2D eigenvalue weighted by Gasteiger charge is -2.05. The molecule has 17 heavy (non-hydrogen) atoms. The van der Waals surface area contributed by atoms with Crippen molar-refractivity contribution >= 4 is 15.9 Å². The summed E-state index contributed by atoms with van der Waals surface area (Å²) >= 11 is 3.38. The van der Waals surface area contributed by atoms with E-state index in [0.717, 1.165) is 22.5 Å². The molecule has 1 aliphatic rings. The Labute approximate surface area is 108 Å². The minimum Gasteiger partial charge on any atom is -0.308 e. The van der Waals surface area contributed by atoms with Gasteiger partial charge in [-0.25, -0.2) is 9.67 Å². The van der Waals surface area contributed by atoms with Gasteiger partial charge in [-0.15, -0.1) is 0 Å². The van der Waals surface area contributed by atoms with Gasteiger partial charge in [0.1, 0.15) is 0 Å². The van der Waals surface area contributed by atoms with E-state index in [-0.39, 0.29) is 0 Å². The van der Waals surface area contributed by atoms with Crippen molar-refractivity contribution in [1.29, 1.82) is 0 Å². The highest BCUT2D eigenvalue weighted by atomic mass is 79.9. The summed E-state index contributed by atoms with van der Waals surface area (Å²) < 4.78 is 2.73. The van der Waals surface area contributed by atoms with Crippen LogP contribution in [0, 0.1) is 0 Å². The molecule has 0 spiro atoms. The lowest BCUT2D eigenvalue weighted by Crippen LogP contribution is -2.16. The first kappa shape index (κ1) is 10.9. The van der Waals surface area contributed by atoms with Crippen molar-refractivity contribution in [2.75, 3.05) is 0 Å². The largest absolute Gasteiger partial charge is 0.308 e. The molecule has 0 radical (unpaired) electrons. The van der Waals surface area contributed by atoms with Crippen LogP contribution in [0.4, 0.5) is 0 Å². The number of nitrogens with one attached hydrogen (secondary N) is 1. The molecule has 2 aromatic heterocycles. The van der Waals surface area contributed by atoms with E-state index in [4.69, 9.17) is 0 Å². The molecular weight excluding hydrogens is 280 g/mol. The van der Waals surface area contributed by atoms with Crippen molar-refractivity contribution in [3.8, 4) is 5.82 Å². The summed E-state index contributed by atoms with van der Waals surface area (Å²) in [5.74, 6) is 0.853. The van der Waals surface area contributed by atoms with Gasteiger partial charge in [0.2, 0.25) is 0 Å². The van der Waals surface area contributed by atoms with Crippen LogP contribution >= 0.6 is 15.9 Å². The quantitative estimate of drug-likeness (QED) is 0.940. The van der Waals surface area contributed by atoms with Crippen molar-refractivity contribution in [3.05, 3.63) is 40.8 Å². The molecule has 0 saturated heterocycles. The van der Waals surface area contributed by atoms with Gasteiger partial charge >= 0.3 is 0 Å². The van der Waals surface area contributed by atoms with Crippen LogP contribution in [-0.2, 0) is 6.54 Å². The minimum atomic E-state index is 0.708. The Kier molecular flexibility index (Phi) is 2.94. The Morgan fingerprint density at radius 2 is 2.29 bits per heavy atom. The second kappa shape index (κ2) is 4.58. The van der Waals surface area contributed by atoms with E-state index in [1.54, 1.807) is 10.9 Å². The lowest BCUT2D eigenvalue weighted by molar-refractivity contribution is 0.670. The Morgan fingerprint density at radius 1 is 1.41 bits per heavy atom. The smallest absolute Gasteiger partial charge is 0.153 e. The highest BCUT2D eigenvalue weighted by Crippen LogP contribution is 2.19. The van der Waals surface area contributed by atoms with Crippen LogP contribution in [0.15, 0.2) is 35.1 Å². The molecule has 0 atom stereocenters. The average Bonchev–Trinajstić information content (AvgIpc) is 3.08. The fourth-order valence-electron chi connectivity index (χ4n) is 1.66. The zero-order valence-corrected chi connectivity index (χ0v) is 10.9. The first-order valence-corrected chi connectivity index (χ1v) is 6.50. The Balaban J connectivity index is 1.77. The second-order valence-corrected chi connectivity index (χ2v) is 5.16. The maximum Gasteiger partial charge on any atom is 0.153 e. The van der Waals surface area contributed by atoms with Gasteiger partial charge in [-0.1, -0.05) is 6.07 Å². The number of hydrogen-bond acceptors (Lipinski definition) is 3. The molecular formula is C12H13BrN4. The molecule has 3 rings (SSSR count). The van der Waals surface area contributed by atoms with Gasteiger partial charge in [-0.2, -0.15) is 5.10 Å². The topological polar surface area (TPSA) is 42.7 Å². The molecule has 2 aromatic rings. The number of pyridine rings is 1. The number of hydrogen-bond donors (Lipinski definition) is 1. The zero-order valence-electron chi connectivity index (χ0n) is 9.31. The maximum atomic E-state index is 4.57. The van der Waals surface area contributed by atoms with Crippen molar-refractivity contribution < 1.29 is 0 Å². The zero-order chi connectivity index (χ0) is 11.7. The van der Waals surface area contributed by atoms with E-state index in [9.17, 15) is 0 Å². The molecule has 1 fully saturated rings. The van der Waals surface area contributed by atoms with Crippen LogP contribution in [0.2, 0.25) is 0 Å². The van der Waals surface area contributed by atoms with Gasteiger partial charge in [0.05, 0.1) is 16.4 Å². The van der Waals surface area contributed by atoms with Crippen LogP contribution < -0.4 is 5.32 Å². The normalized spacial score (nSPS) is 15.1. The Bertz CT molecular complexity index is 519. The summed E-state index contributed by atoms with van der Waals surface area (Å²) in [6, 6.07) is 6.72. The Morgan fingerprint density at radius 3 is 3.00 bits per heavy atom. The first-order valence-electron chi connectivity index (χ1n) is 5.71. The molecule has 5 heteroatoms. The van der Waals surface area contributed by atoms with E-state index in [1.165, 1.54) is 12.8 Å². The van der Waals surface area contributed by atoms with Crippen LogP contribution in [0.5, 0.6) is 0 Å². The molecule has 0 amide bonds. The van der Waals surface area contributed by atoms with Crippen molar-refractivity contribution in [2.45, 2.75) is 25.4 Å². The average molecular weight is 293 g/mol.